The van der Waals surface area contributed by atoms with Crippen molar-refractivity contribution < 1.29 is 4.74 Å². The number of nitriles is 1. The molecule has 0 aromatic heterocycles. The predicted molar refractivity (Wildman–Crippen MR) is 120 cm³/mol. The van der Waals surface area contributed by atoms with Gasteiger partial charge in [-0.05, 0) is 54.1 Å². The van der Waals surface area contributed by atoms with Crippen LogP contribution < -0.4 is 4.74 Å². The van der Waals surface area contributed by atoms with Gasteiger partial charge in [0.05, 0.1) is 11.6 Å². The van der Waals surface area contributed by atoms with Crippen LogP contribution in [0.3, 0.4) is 0 Å². The van der Waals surface area contributed by atoms with Gasteiger partial charge in [-0.15, -0.1) is 0 Å². The van der Waals surface area contributed by atoms with E-state index in [1.165, 1.54) is 0 Å². The lowest BCUT2D eigenvalue weighted by molar-refractivity contribution is 0.305. The lowest BCUT2D eigenvalue weighted by atomic mass is 10.0. The van der Waals surface area contributed by atoms with Gasteiger partial charge < -0.3 is 4.74 Å². The quantitative estimate of drug-likeness (QED) is 0.266. The Morgan fingerprint density at radius 2 is 1.64 bits per heavy atom. The SMILES string of the molecule is N#C/C(=C\c1cc(Cl)ccc1OCc1ccc(Cl)cc1Cl)c1ccc(Br)cc1. The lowest BCUT2D eigenvalue weighted by Crippen LogP contribution is -1.98. The molecule has 0 amide bonds. The van der Waals surface area contributed by atoms with Crippen molar-refractivity contribution in [3.05, 3.63) is 96.9 Å². The molecule has 2 nitrogen and oxygen atoms in total. The van der Waals surface area contributed by atoms with Gasteiger partial charge in [0.25, 0.3) is 0 Å². The monoisotopic (exact) mass is 491 g/mol. The molecule has 0 aliphatic rings. The minimum Gasteiger partial charge on any atom is -0.488 e. The summed E-state index contributed by atoms with van der Waals surface area (Å²) in [7, 11) is 0. The molecule has 6 heteroatoms. The van der Waals surface area contributed by atoms with Gasteiger partial charge in [-0.2, -0.15) is 5.26 Å². The first-order valence-corrected chi connectivity index (χ1v) is 10.1. The predicted octanol–water partition coefficient (Wildman–Crippen LogP) is 8.05. The smallest absolute Gasteiger partial charge is 0.127 e. The molecule has 28 heavy (non-hydrogen) atoms. The Kier molecular flexibility index (Phi) is 7.04. The van der Waals surface area contributed by atoms with Crippen molar-refractivity contribution in [1.29, 1.82) is 5.26 Å². The Hall–Kier alpha value is -1.96. The summed E-state index contributed by atoms with van der Waals surface area (Å²) in [6, 6.07) is 20.3. The maximum atomic E-state index is 9.61. The molecule has 3 rings (SSSR count). The molecule has 140 valence electrons. The van der Waals surface area contributed by atoms with Gasteiger partial charge in [0.1, 0.15) is 12.4 Å². The van der Waals surface area contributed by atoms with Crippen LogP contribution >= 0.6 is 50.7 Å². The lowest BCUT2D eigenvalue weighted by Gasteiger charge is -2.12. The summed E-state index contributed by atoms with van der Waals surface area (Å²) in [4.78, 5) is 0. The van der Waals surface area contributed by atoms with Crippen LogP contribution in [0.4, 0.5) is 0 Å². The number of halogens is 4. The zero-order valence-electron chi connectivity index (χ0n) is 14.4. The zero-order valence-corrected chi connectivity index (χ0v) is 18.3. The van der Waals surface area contributed by atoms with Crippen molar-refractivity contribution in [3.8, 4) is 11.8 Å². The van der Waals surface area contributed by atoms with E-state index in [-0.39, 0.29) is 6.61 Å². The topological polar surface area (TPSA) is 33.0 Å². The van der Waals surface area contributed by atoms with Crippen LogP contribution in [-0.2, 0) is 6.61 Å². The normalized spacial score (nSPS) is 11.2. The summed E-state index contributed by atoms with van der Waals surface area (Å²) >= 11 is 21.7. The molecule has 0 aliphatic heterocycles. The molecule has 0 radical (unpaired) electrons. The summed E-state index contributed by atoms with van der Waals surface area (Å²) in [6.07, 6.45) is 1.76. The largest absolute Gasteiger partial charge is 0.488 e. The van der Waals surface area contributed by atoms with Crippen LogP contribution in [0.2, 0.25) is 15.1 Å². The molecule has 0 fully saturated rings. The van der Waals surface area contributed by atoms with Crippen molar-refractivity contribution in [2.45, 2.75) is 6.61 Å². The van der Waals surface area contributed by atoms with Gasteiger partial charge in [0.2, 0.25) is 0 Å². The number of benzene rings is 3. The number of hydrogen-bond donors (Lipinski definition) is 0. The zero-order chi connectivity index (χ0) is 20.1. The first kappa shape index (κ1) is 20.8. The van der Waals surface area contributed by atoms with E-state index >= 15 is 0 Å². The second-order valence-corrected chi connectivity index (χ2v) is 8.08. The van der Waals surface area contributed by atoms with Gasteiger partial charge in [0.15, 0.2) is 0 Å². The molecule has 0 heterocycles. The van der Waals surface area contributed by atoms with E-state index in [4.69, 9.17) is 39.5 Å². The van der Waals surface area contributed by atoms with Gasteiger partial charge >= 0.3 is 0 Å². The Morgan fingerprint density at radius 1 is 0.964 bits per heavy atom. The van der Waals surface area contributed by atoms with Gasteiger partial charge in [0, 0.05) is 30.7 Å². The van der Waals surface area contributed by atoms with E-state index in [1.807, 2.05) is 30.3 Å². The van der Waals surface area contributed by atoms with Crippen molar-refractivity contribution in [2.24, 2.45) is 0 Å². The van der Waals surface area contributed by atoms with Crippen molar-refractivity contribution >= 4 is 62.4 Å². The molecule has 3 aromatic carbocycles. The third-order valence-corrected chi connectivity index (χ3v) is 5.30. The first-order valence-electron chi connectivity index (χ1n) is 8.20. The Labute approximate surface area is 187 Å². The summed E-state index contributed by atoms with van der Waals surface area (Å²) in [6.45, 7) is 0.263. The van der Waals surface area contributed by atoms with E-state index < -0.39 is 0 Å². The first-order chi connectivity index (χ1) is 13.5. The van der Waals surface area contributed by atoms with E-state index in [9.17, 15) is 5.26 Å². The van der Waals surface area contributed by atoms with E-state index in [0.29, 0.717) is 32.0 Å². The Bertz CT molecular complexity index is 1070. The number of hydrogen-bond acceptors (Lipinski definition) is 2. The maximum absolute atomic E-state index is 9.61. The van der Waals surface area contributed by atoms with Gasteiger partial charge in [-0.1, -0.05) is 68.9 Å². The number of nitrogens with zero attached hydrogens (tertiary/aromatic N) is 1. The summed E-state index contributed by atoms with van der Waals surface area (Å²) in [5, 5.41) is 11.3. The van der Waals surface area contributed by atoms with Crippen LogP contribution in [0.1, 0.15) is 16.7 Å². The van der Waals surface area contributed by atoms with Crippen LogP contribution in [0.15, 0.2) is 65.1 Å². The Balaban J connectivity index is 1.91. The van der Waals surface area contributed by atoms with Crippen LogP contribution in [0.25, 0.3) is 11.6 Å². The molecular weight excluding hydrogens is 481 g/mol. The minimum absolute atomic E-state index is 0.263. The highest BCUT2D eigenvalue weighted by Crippen LogP contribution is 2.30. The highest BCUT2D eigenvalue weighted by molar-refractivity contribution is 9.10. The summed E-state index contributed by atoms with van der Waals surface area (Å²) in [5.74, 6) is 0.597. The molecule has 3 aromatic rings. The highest BCUT2D eigenvalue weighted by atomic mass is 79.9. The van der Waals surface area contributed by atoms with Crippen molar-refractivity contribution in [3.63, 3.8) is 0 Å². The fourth-order valence-corrected chi connectivity index (χ4v) is 3.43. The number of allylic oxidation sites excluding steroid dienone is 1. The van der Waals surface area contributed by atoms with E-state index in [0.717, 1.165) is 15.6 Å². The molecule has 0 unspecified atom stereocenters. The molecular formula is C22H13BrCl3NO. The second kappa shape index (κ2) is 9.49. The van der Waals surface area contributed by atoms with Crippen molar-refractivity contribution in [1.82, 2.24) is 0 Å². The van der Waals surface area contributed by atoms with E-state index in [2.05, 4.69) is 22.0 Å². The van der Waals surface area contributed by atoms with E-state index in [1.54, 1.807) is 36.4 Å². The van der Waals surface area contributed by atoms with Gasteiger partial charge in [-0.25, -0.2) is 0 Å². The molecule has 0 bridgehead atoms. The third-order valence-electron chi connectivity index (χ3n) is 3.95. The third kappa shape index (κ3) is 5.31. The molecule has 0 spiro atoms. The van der Waals surface area contributed by atoms with Crippen LogP contribution in [0.5, 0.6) is 5.75 Å². The maximum Gasteiger partial charge on any atom is 0.127 e. The van der Waals surface area contributed by atoms with Crippen LogP contribution in [0, 0.1) is 11.3 Å². The van der Waals surface area contributed by atoms with Crippen molar-refractivity contribution in [2.75, 3.05) is 0 Å². The van der Waals surface area contributed by atoms with Crippen LogP contribution in [-0.4, -0.2) is 0 Å². The van der Waals surface area contributed by atoms with Gasteiger partial charge in [-0.3, -0.25) is 0 Å². The fraction of sp³-hybridized carbons (Fsp3) is 0.0455. The summed E-state index contributed by atoms with van der Waals surface area (Å²) < 4.78 is 6.90. The minimum atomic E-state index is 0.263. The highest BCUT2D eigenvalue weighted by Gasteiger charge is 2.09. The fourth-order valence-electron chi connectivity index (χ4n) is 2.52. The molecule has 0 aliphatic carbocycles. The molecule has 0 atom stereocenters. The molecule has 0 saturated heterocycles. The number of ether oxygens (including phenoxy) is 1. The standard InChI is InChI=1S/C22H13BrCl3NO/c23-18-4-1-14(2-5-18)17(12-27)9-16-10-19(24)7-8-22(16)28-13-15-3-6-20(25)11-21(15)26/h1-11H,13H2/b17-9+. The average Bonchev–Trinajstić information content (AvgIpc) is 2.67. The summed E-state index contributed by atoms with van der Waals surface area (Å²) in [5.41, 5.74) is 2.82. The Morgan fingerprint density at radius 3 is 2.32 bits per heavy atom. The number of rotatable bonds is 5. The second-order valence-electron chi connectivity index (χ2n) is 5.88. The molecule has 0 N–H and O–H groups in total. The average molecular weight is 494 g/mol. The molecule has 0 saturated carbocycles.